The molecule has 1 aromatic carbocycles. The number of carbonyl (C=O) groups excluding carboxylic acids is 2. The molecular formula is C26H44N3O5+. The summed E-state index contributed by atoms with van der Waals surface area (Å²) in [6.07, 6.45) is 6.53. The van der Waals surface area contributed by atoms with Gasteiger partial charge in [0.1, 0.15) is 0 Å². The molecule has 0 aromatic heterocycles. The second kappa shape index (κ2) is 17.8. The first-order valence-corrected chi connectivity index (χ1v) is 12.7. The van der Waals surface area contributed by atoms with Gasteiger partial charge in [0.25, 0.3) is 0 Å². The standard InChI is InChI=1S/C26H43N3O5/c1-5-9-12-21(6-2)20-34-24-19-22(15-16-23(24)28-27)29(17-10-13-25(30)32-7-3)18-11-14-26(31)33-8-4/h15-16,19,21,27H,5-14,17-18,20H2,1-4H3/p+1. The average Bonchev–Trinajstić information content (AvgIpc) is 2.83. The van der Waals surface area contributed by atoms with Crippen molar-refractivity contribution in [2.75, 3.05) is 37.8 Å². The highest BCUT2D eigenvalue weighted by molar-refractivity contribution is 5.70. The zero-order chi connectivity index (χ0) is 25.2. The third-order valence-electron chi connectivity index (χ3n) is 5.69. The van der Waals surface area contributed by atoms with E-state index >= 15 is 0 Å². The summed E-state index contributed by atoms with van der Waals surface area (Å²) >= 11 is 0. The van der Waals surface area contributed by atoms with Crippen molar-refractivity contribution >= 4 is 23.3 Å². The number of unbranched alkanes of at least 4 members (excludes halogenated alkanes) is 1. The molecule has 8 heteroatoms. The van der Waals surface area contributed by atoms with Crippen molar-refractivity contribution in [3.63, 3.8) is 0 Å². The largest absolute Gasteiger partial charge is 0.491 e. The molecule has 8 nitrogen and oxygen atoms in total. The van der Waals surface area contributed by atoms with Crippen LogP contribution in [0.4, 0.5) is 11.4 Å². The first-order chi connectivity index (χ1) is 16.5. The number of anilines is 1. The lowest BCUT2D eigenvalue weighted by atomic mass is 10.0. The molecule has 1 unspecified atom stereocenters. The van der Waals surface area contributed by atoms with Crippen LogP contribution in [0.5, 0.6) is 5.75 Å². The molecule has 0 saturated carbocycles. The van der Waals surface area contributed by atoms with E-state index in [1.807, 2.05) is 18.2 Å². The van der Waals surface area contributed by atoms with E-state index in [4.69, 9.17) is 19.7 Å². The topological polar surface area (TPSA) is 103 Å². The Hall–Kier alpha value is -2.64. The van der Waals surface area contributed by atoms with Crippen LogP contribution in [0.25, 0.3) is 0 Å². The van der Waals surface area contributed by atoms with Crippen LogP contribution in [0.2, 0.25) is 0 Å². The third-order valence-corrected chi connectivity index (χ3v) is 5.69. The van der Waals surface area contributed by atoms with Crippen LogP contribution in [0.15, 0.2) is 23.3 Å². The zero-order valence-corrected chi connectivity index (χ0v) is 21.5. The molecule has 0 aliphatic carbocycles. The van der Waals surface area contributed by atoms with Crippen LogP contribution in [0.3, 0.4) is 0 Å². The summed E-state index contributed by atoms with van der Waals surface area (Å²) in [7, 11) is 0. The number of nitrogens with two attached hydrogens (primary N) is 1. The fraction of sp³-hybridized carbons (Fsp3) is 0.692. The van der Waals surface area contributed by atoms with E-state index in [0.29, 0.717) is 75.9 Å². The summed E-state index contributed by atoms with van der Waals surface area (Å²) in [4.78, 5) is 25.7. The summed E-state index contributed by atoms with van der Waals surface area (Å²) in [6.45, 7) is 10.7. The van der Waals surface area contributed by atoms with Crippen molar-refractivity contribution in [2.45, 2.75) is 79.1 Å². The van der Waals surface area contributed by atoms with Gasteiger partial charge in [-0.3, -0.25) is 9.59 Å². The second-order valence-electron chi connectivity index (χ2n) is 8.31. The number of hydrogen-bond acceptors (Lipinski definition) is 7. The maximum Gasteiger partial charge on any atom is 0.305 e. The molecule has 2 N–H and O–H groups in total. The van der Waals surface area contributed by atoms with E-state index in [0.717, 1.165) is 18.5 Å². The minimum absolute atomic E-state index is 0.201. The Kier molecular flexibility index (Phi) is 15.4. The number of benzene rings is 1. The number of rotatable bonds is 19. The SMILES string of the molecule is CCCCC(CC)COc1cc(N(CCCC(=O)OCC)CCCC(=O)OCC)ccc1N=[NH2+]. The lowest BCUT2D eigenvalue weighted by Crippen LogP contribution is -2.27. The van der Waals surface area contributed by atoms with Crippen molar-refractivity contribution in [3.05, 3.63) is 18.2 Å². The van der Waals surface area contributed by atoms with Gasteiger partial charge >= 0.3 is 11.9 Å². The lowest BCUT2D eigenvalue weighted by Gasteiger charge is -2.26. The van der Waals surface area contributed by atoms with E-state index in [1.165, 1.54) is 12.8 Å². The molecular weight excluding hydrogens is 434 g/mol. The zero-order valence-electron chi connectivity index (χ0n) is 21.5. The summed E-state index contributed by atoms with van der Waals surface area (Å²) in [5.41, 5.74) is 7.15. The first kappa shape index (κ1) is 29.4. The normalized spacial score (nSPS) is 11.5. The van der Waals surface area contributed by atoms with E-state index < -0.39 is 0 Å². The maximum atomic E-state index is 11.8. The van der Waals surface area contributed by atoms with Gasteiger partial charge in [0.05, 0.1) is 19.8 Å². The van der Waals surface area contributed by atoms with Crippen molar-refractivity contribution in [3.8, 4) is 5.75 Å². The number of ether oxygens (including phenoxy) is 3. The van der Waals surface area contributed by atoms with Gasteiger partial charge in [-0.2, -0.15) is 5.53 Å². The Balaban J connectivity index is 2.93. The van der Waals surface area contributed by atoms with Crippen LogP contribution >= 0.6 is 0 Å². The molecule has 0 aliphatic rings. The van der Waals surface area contributed by atoms with Crippen molar-refractivity contribution in [2.24, 2.45) is 11.0 Å². The molecule has 0 radical (unpaired) electrons. The van der Waals surface area contributed by atoms with Crippen LogP contribution in [0, 0.1) is 5.92 Å². The molecule has 0 fully saturated rings. The van der Waals surface area contributed by atoms with Gasteiger partial charge in [-0.25, -0.2) is 0 Å². The van der Waals surface area contributed by atoms with E-state index in [9.17, 15) is 9.59 Å². The van der Waals surface area contributed by atoms with Crippen LogP contribution < -0.4 is 15.2 Å². The number of carbonyl (C=O) groups is 2. The molecule has 34 heavy (non-hydrogen) atoms. The minimum Gasteiger partial charge on any atom is -0.491 e. The molecule has 1 atom stereocenters. The van der Waals surface area contributed by atoms with Crippen molar-refractivity contribution in [1.29, 1.82) is 0 Å². The van der Waals surface area contributed by atoms with Gasteiger partial charge in [-0.15, -0.1) is 0 Å². The Morgan fingerprint density at radius 3 is 2.09 bits per heavy atom. The first-order valence-electron chi connectivity index (χ1n) is 12.7. The molecule has 1 aromatic rings. The van der Waals surface area contributed by atoms with Crippen LogP contribution in [0.1, 0.15) is 79.1 Å². The number of hydrogen-bond donors (Lipinski definition) is 1. The number of esters is 2. The quantitative estimate of drug-likeness (QED) is 0.230. The Bertz CT molecular complexity index is 717. The van der Waals surface area contributed by atoms with E-state index in [-0.39, 0.29) is 11.9 Å². The highest BCUT2D eigenvalue weighted by Gasteiger charge is 2.15. The monoisotopic (exact) mass is 478 g/mol. The predicted molar refractivity (Wildman–Crippen MR) is 133 cm³/mol. The molecule has 0 saturated heterocycles. The van der Waals surface area contributed by atoms with Gasteiger partial charge in [0.2, 0.25) is 0 Å². The number of nitrogens with zero attached hydrogens (tertiary/aromatic N) is 2. The lowest BCUT2D eigenvalue weighted by molar-refractivity contribution is -0.210. The molecule has 192 valence electrons. The molecule has 0 aliphatic heterocycles. The summed E-state index contributed by atoms with van der Waals surface area (Å²) in [5, 5.41) is 3.88. The predicted octanol–water partition coefficient (Wildman–Crippen LogP) is 4.62. The maximum absolute atomic E-state index is 11.8. The fourth-order valence-electron chi connectivity index (χ4n) is 3.69. The van der Waals surface area contributed by atoms with Gasteiger partial charge in [-0.05, 0) is 56.3 Å². The molecule has 1 rings (SSSR count). The summed E-state index contributed by atoms with van der Waals surface area (Å²) in [6, 6.07) is 5.75. The van der Waals surface area contributed by atoms with Crippen LogP contribution in [-0.4, -0.2) is 44.8 Å². The average molecular weight is 479 g/mol. The molecule has 0 spiro atoms. The summed E-state index contributed by atoms with van der Waals surface area (Å²) < 4.78 is 16.3. The summed E-state index contributed by atoms with van der Waals surface area (Å²) in [5.74, 6) is 0.733. The Labute approximate surface area is 204 Å². The minimum atomic E-state index is -0.201. The van der Waals surface area contributed by atoms with Crippen molar-refractivity contribution < 1.29 is 29.3 Å². The van der Waals surface area contributed by atoms with Gasteiger partial charge in [-0.1, -0.05) is 33.1 Å². The molecule has 0 bridgehead atoms. The molecule has 0 heterocycles. The third kappa shape index (κ3) is 11.5. The smallest absolute Gasteiger partial charge is 0.305 e. The Morgan fingerprint density at radius 1 is 0.971 bits per heavy atom. The second-order valence-corrected chi connectivity index (χ2v) is 8.31. The van der Waals surface area contributed by atoms with E-state index in [1.54, 1.807) is 13.8 Å². The Morgan fingerprint density at radius 2 is 1.59 bits per heavy atom. The van der Waals surface area contributed by atoms with Gasteiger partial charge in [0.15, 0.2) is 11.4 Å². The highest BCUT2D eigenvalue weighted by Crippen LogP contribution is 2.33. The van der Waals surface area contributed by atoms with Crippen molar-refractivity contribution in [1.82, 2.24) is 0 Å². The van der Waals surface area contributed by atoms with E-state index in [2.05, 4.69) is 23.9 Å². The van der Waals surface area contributed by atoms with Gasteiger partial charge in [0, 0.05) is 37.7 Å². The highest BCUT2D eigenvalue weighted by atomic mass is 16.5. The van der Waals surface area contributed by atoms with Crippen LogP contribution in [-0.2, 0) is 19.1 Å². The van der Waals surface area contributed by atoms with Gasteiger partial charge < -0.3 is 19.1 Å². The molecule has 0 amide bonds. The fourth-order valence-corrected chi connectivity index (χ4v) is 3.69.